The molecule has 1 aliphatic carbocycles. The lowest BCUT2D eigenvalue weighted by Crippen LogP contribution is -2.48. The van der Waals surface area contributed by atoms with E-state index in [1.807, 2.05) is 18.2 Å². The molecule has 0 spiro atoms. The van der Waals surface area contributed by atoms with Crippen LogP contribution in [0, 0.1) is 5.92 Å². The topological polar surface area (TPSA) is 52.2 Å². The van der Waals surface area contributed by atoms with E-state index < -0.39 is 12.0 Å². The second kappa shape index (κ2) is 4.18. The van der Waals surface area contributed by atoms with Crippen LogP contribution in [0.15, 0.2) is 24.3 Å². The third-order valence-electron chi connectivity index (χ3n) is 3.64. The van der Waals surface area contributed by atoms with Crippen molar-refractivity contribution in [1.82, 2.24) is 0 Å². The number of halogens is 2. The summed E-state index contributed by atoms with van der Waals surface area (Å²) < 4.78 is 0. The minimum absolute atomic E-state index is 0.0305. The lowest BCUT2D eigenvalue weighted by molar-refractivity contribution is -0.308. The maximum Gasteiger partial charge on any atom is 0.0699 e. The quantitative estimate of drug-likeness (QED) is 0.804. The van der Waals surface area contributed by atoms with Crippen LogP contribution in [0.1, 0.15) is 17.9 Å². The predicted octanol–water partition coefficient (Wildman–Crippen LogP) is 2.20. The number of carbonyl (C=O) groups excluding carboxylic acids is 1. The summed E-state index contributed by atoms with van der Waals surface area (Å²) >= 11 is 12.1. The molecule has 18 heavy (non-hydrogen) atoms. The van der Waals surface area contributed by atoms with Crippen LogP contribution in [0.5, 0.6) is 0 Å². The van der Waals surface area contributed by atoms with Crippen molar-refractivity contribution in [2.75, 3.05) is 5.32 Å². The van der Waals surface area contributed by atoms with Gasteiger partial charge in [-0.05, 0) is 30.0 Å². The van der Waals surface area contributed by atoms with Crippen molar-refractivity contribution < 1.29 is 9.90 Å². The van der Waals surface area contributed by atoms with E-state index in [0.717, 1.165) is 12.0 Å². The molecule has 1 heterocycles. The average Bonchev–Trinajstić information content (AvgIpc) is 2.76. The zero-order valence-corrected chi connectivity index (χ0v) is 10.8. The van der Waals surface area contributed by atoms with E-state index in [-0.39, 0.29) is 11.8 Å². The summed E-state index contributed by atoms with van der Waals surface area (Å²) in [5.74, 6) is -1.08. The molecule has 1 aromatic rings. The van der Waals surface area contributed by atoms with Gasteiger partial charge in [-0.3, -0.25) is 0 Å². The lowest BCUT2D eigenvalue weighted by atomic mass is 9.79. The average molecular weight is 283 g/mol. The van der Waals surface area contributed by atoms with E-state index in [4.69, 9.17) is 23.2 Å². The van der Waals surface area contributed by atoms with Crippen molar-refractivity contribution in [3.8, 4) is 0 Å². The molecule has 94 valence electrons. The Morgan fingerprint density at radius 3 is 2.89 bits per heavy atom. The number of carboxylic acids is 1. The van der Waals surface area contributed by atoms with Gasteiger partial charge in [0.05, 0.1) is 22.7 Å². The number of fused-ring (bicyclic) bond motifs is 3. The summed E-state index contributed by atoms with van der Waals surface area (Å²) in [7, 11) is 0. The van der Waals surface area contributed by atoms with E-state index in [0.29, 0.717) is 15.7 Å². The molecule has 1 aromatic carbocycles. The van der Waals surface area contributed by atoms with E-state index in [1.165, 1.54) is 0 Å². The largest absolute Gasteiger partial charge is 0.548 e. The van der Waals surface area contributed by atoms with Gasteiger partial charge in [0.1, 0.15) is 0 Å². The van der Waals surface area contributed by atoms with Gasteiger partial charge in [0.15, 0.2) is 0 Å². The summed E-state index contributed by atoms with van der Waals surface area (Å²) in [5.41, 5.74) is 1.62. The number of rotatable bonds is 1. The molecule has 0 amide bonds. The summed E-state index contributed by atoms with van der Waals surface area (Å²) in [6, 6.07) is 2.74. The SMILES string of the molecule is O=C([O-])[C@@H]1Nc2c(Cl)cc(Cl)cc2[C@@H]2C=CC[C@H]12. The van der Waals surface area contributed by atoms with Gasteiger partial charge in [-0.15, -0.1) is 0 Å². The number of aliphatic carboxylic acids is 1. The summed E-state index contributed by atoms with van der Waals surface area (Å²) in [4.78, 5) is 11.2. The highest BCUT2D eigenvalue weighted by Gasteiger charge is 2.38. The molecule has 0 fully saturated rings. The van der Waals surface area contributed by atoms with Gasteiger partial charge in [0, 0.05) is 10.9 Å². The van der Waals surface area contributed by atoms with Crippen molar-refractivity contribution in [3.05, 3.63) is 39.9 Å². The number of anilines is 1. The fourth-order valence-electron chi connectivity index (χ4n) is 2.85. The van der Waals surface area contributed by atoms with Crippen LogP contribution >= 0.6 is 23.2 Å². The molecule has 5 heteroatoms. The monoisotopic (exact) mass is 282 g/mol. The molecule has 0 saturated heterocycles. The van der Waals surface area contributed by atoms with Crippen LogP contribution in [-0.2, 0) is 4.79 Å². The Kier molecular flexibility index (Phi) is 2.76. The number of benzene rings is 1. The first-order valence-electron chi connectivity index (χ1n) is 5.71. The molecule has 0 saturated carbocycles. The Morgan fingerprint density at radius 2 is 2.17 bits per heavy atom. The summed E-state index contributed by atoms with van der Waals surface area (Å²) in [6.45, 7) is 0. The van der Waals surface area contributed by atoms with E-state index in [9.17, 15) is 9.90 Å². The predicted molar refractivity (Wildman–Crippen MR) is 68.9 cm³/mol. The molecule has 0 aromatic heterocycles. The minimum atomic E-state index is -1.09. The zero-order valence-electron chi connectivity index (χ0n) is 9.32. The van der Waals surface area contributed by atoms with Gasteiger partial charge >= 0.3 is 0 Å². The first-order valence-corrected chi connectivity index (χ1v) is 6.46. The minimum Gasteiger partial charge on any atom is -0.548 e. The van der Waals surface area contributed by atoms with Crippen LogP contribution in [0.3, 0.4) is 0 Å². The Bertz CT molecular complexity index is 556. The van der Waals surface area contributed by atoms with E-state index >= 15 is 0 Å². The molecule has 0 unspecified atom stereocenters. The molecule has 0 bridgehead atoms. The van der Waals surface area contributed by atoms with Crippen molar-refractivity contribution in [2.24, 2.45) is 5.92 Å². The summed E-state index contributed by atoms with van der Waals surface area (Å²) in [5, 5.41) is 15.2. The van der Waals surface area contributed by atoms with Crippen LogP contribution in [-0.4, -0.2) is 12.0 Å². The van der Waals surface area contributed by atoms with Gasteiger partial charge < -0.3 is 15.2 Å². The van der Waals surface area contributed by atoms with Crippen LogP contribution in [0.25, 0.3) is 0 Å². The Labute approximate surface area is 114 Å². The van der Waals surface area contributed by atoms with Gasteiger partial charge in [-0.2, -0.15) is 0 Å². The third-order valence-corrected chi connectivity index (χ3v) is 4.16. The second-order valence-corrected chi connectivity index (χ2v) is 5.49. The first-order chi connectivity index (χ1) is 8.58. The number of hydrogen-bond donors (Lipinski definition) is 1. The van der Waals surface area contributed by atoms with Gasteiger partial charge in [-0.1, -0.05) is 35.4 Å². The fourth-order valence-corrected chi connectivity index (χ4v) is 3.42. The van der Waals surface area contributed by atoms with Gasteiger partial charge in [-0.25, -0.2) is 0 Å². The van der Waals surface area contributed by atoms with Crippen LogP contribution < -0.4 is 10.4 Å². The van der Waals surface area contributed by atoms with Crippen LogP contribution in [0.4, 0.5) is 5.69 Å². The maximum atomic E-state index is 11.2. The fraction of sp³-hybridized carbons (Fsp3) is 0.308. The second-order valence-electron chi connectivity index (χ2n) is 4.65. The van der Waals surface area contributed by atoms with Crippen molar-refractivity contribution in [3.63, 3.8) is 0 Å². The Hall–Kier alpha value is -1.19. The standard InChI is InChI=1S/C13H11Cl2NO2/c14-6-4-9-7-2-1-3-8(7)12(13(17)18)16-11(9)10(15)5-6/h1-2,4-5,7-8,12,16H,3H2,(H,17,18)/p-1/t7-,8+,12-/m1/s1. The molecule has 3 atom stereocenters. The molecule has 2 aliphatic rings. The van der Waals surface area contributed by atoms with Gasteiger partial charge in [0.25, 0.3) is 0 Å². The van der Waals surface area contributed by atoms with E-state index in [1.54, 1.807) is 6.07 Å². The molecule has 1 N–H and O–H groups in total. The number of carboxylic acid groups (broad SMARTS) is 1. The van der Waals surface area contributed by atoms with Crippen molar-refractivity contribution in [1.29, 1.82) is 0 Å². The first kappa shape index (κ1) is 11.9. The van der Waals surface area contributed by atoms with E-state index in [2.05, 4.69) is 5.32 Å². The Balaban J connectivity index is 2.14. The molecule has 3 rings (SSSR count). The number of hydrogen-bond acceptors (Lipinski definition) is 3. The third kappa shape index (κ3) is 1.70. The highest BCUT2D eigenvalue weighted by molar-refractivity contribution is 6.36. The normalized spacial score (nSPS) is 28.4. The maximum absolute atomic E-state index is 11.2. The molecular weight excluding hydrogens is 273 g/mol. The number of allylic oxidation sites excluding steroid dienone is 2. The number of carbonyl (C=O) groups is 1. The summed E-state index contributed by atoms with van der Waals surface area (Å²) in [6.07, 6.45) is 4.74. The highest BCUT2D eigenvalue weighted by Crippen LogP contribution is 2.47. The zero-order chi connectivity index (χ0) is 12.9. The molecule has 1 aliphatic heterocycles. The number of nitrogens with one attached hydrogen (secondary N) is 1. The molecule has 0 radical (unpaired) electrons. The molecule has 3 nitrogen and oxygen atoms in total. The van der Waals surface area contributed by atoms with Gasteiger partial charge in [0.2, 0.25) is 0 Å². The van der Waals surface area contributed by atoms with Crippen LogP contribution in [0.2, 0.25) is 10.0 Å². The Morgan fingerprint density at radius 1 is 1.39 bits per heavy atom. The molecular formula is C13H10Cl2NO2-. The smallest absolute Gasteiger partial charge is 0.0699 e. The van der Waals surface area contributed by atoms with Crippen molar-refractivity contribution >= 4 is 34.9 Å². The lowest BCUT2D eigenvalue weighted by Gasteiger charge is -2.38. The van der Waals surface area contributed by atoms with Crippen molar-refractivity contribution in [2.45, 2.75) is 18.4 Å². The highest BCUT2D eigenvalue weighted by atomic mass is 35.5.